The molecule has 0 fully saturated rings. The van der Waals surface area contributed by atoms with E-state index in [2.05, 4.69) is 39.3 Å². The van der Waals surface area contributed by atoms with Gasteiger partial charge in [0.1, 0.15) is 11.6 Å². The molecule has 0 aliphatic heterocycles. The second-order valence-corrected chi connectivity index (χ2v) is 4.43. The van der Waals surface area contributed by atoms with E-state index in [9.17, 15) is 0 Å². The molecule has 16 heavy (non-hydrogen) atoms. The molecular weight excluding hydrogens is 220 g/mol. The maximum atomic E-state index is 5.51. The molecule has 0 unspecified atom stereocenters. The van der Waals surface area contributed by atoms with E-state index in [1.165, 1.54) is 4.88 Å². The number of nitrogens with two attached hydrogens (primary N) is 1. The Kier molecular flexibility index (Phi) is 3.36. The Morgan fingerprint density at radius 1 is 1.38 bits per heavy atom. The highest BCUT2D eigenvalue weighted by Crippen LogP contribution is 2.16. The second kappa shape index (κ2) is 4.94. The highest BCUT2D eigenvalue weighted by Gasteiger charge is 2.07. The van der Waals surface area contributed by atoms with Crippen molar-refractivity contribution in [2.24, 2.45) is 0 Å². The average molecular weight is 234 g/mol. The monoisotopic (exact) mass is 234 g/mol. The second-order valence-electron chi connectivity index (χ2n) is 3.39. The smallest absolute Gasteiger partial charge is 0.147 e. The summed E-state index contributed by atoms with van der Waals surface area (Å²) in [5.41, 5.74) is 5.51. The lowest BCUT2D eigenvalue weighted by molar-refractivity contribution is 0.819. The number of hydrogen-bond acceptors (Lipinski definition) is 5. The Morgan fingerprint density at radius 2 is 2.25 bits per heavy atom. The van der Waals surface area contributed by atoms with Crippen LogP contribution >= 0.6 is 11.3 Å². The van der Waals surface area contributed by atoms with Gasteiger partial charge >= 0.3 is 0 Å². The van der Waals surface area contributed by atoms with Gasteiger partial charge in [0.2, 0.25) is 0 Å². The summed E-state index contributed by atoms with van der Waals surface area (Å²) >= 11 is 1.75. The van der Waals surface area contributed by atoms with Gasteiger partial charge in [-0.1, -0.05) is 6.07 Å². The fourth-order valence-corrected chi connectivity index (χ4v) is 2.16. The van der Waals surface area contributed by atoms with Gasteiger partial charge in [0.25, 0.3) is 0 Å². The Hall–Kier alpha value is -1.62. The van der Waals surface area contributed by atoms with E-state index in [0.29, 0.717) is 5.82 Å². The molecule has 0 bridgehead atoms. The first-order valence-corrected chi connectivity index (χ1v) is 6.02. The van der Waals surface area contributed by atoms with Crippen molar-refractivity contribution < 1.29 is 0 Å². The molecule has 0 amide bonds. The van der Waals surface area contributed by atoms with Gasteiger partial charge in [-0.25, -0.2) is 9.97 Å². The first-order chi connectivity index (χ1) is 7.79. The maximum absolute atomic E-state index is 5.51. The molecule has 4 nitrogen and oxygen atoms in total. The Labute approximate surface area is 98.8 Å². The van der Waals surface area contributed by atoms with Crippen molar-refractivity contribution in [2.45, 2.75) is 13.5 Å². The molecule has 2 aromatic rings. The van der Waals surface area contributed by atoms with Gasteiger partial charge in [0.15, 0.2) is 0 Å². The summed E-state index contributed by atoms with van der Waals surface area (Å²) in [5.74, 6) is 1.32. The van der Waals surface area contributed by atoms with Crippen LogP contribution in [0.1, 0.15) is 11.8 Å². The van der Waals surface area contributed by atoms with Crippen LogP contribution in [0, 0.1) is 0 Å². The van der Waals surface area contributed by atoms with Gasteiger partial charge in [-0.05, 0) is 18.4 Å². The molecule has 84 valence electrons. The van der Waals surface area contributed by atoms with Crippen molar-refractivity contribution >= 4 is 23.0 Å². The molecule has 0 spiro atoms. The highest BCUT2D eigenvalue weighted by molar-refractivity contribution is 7.09. The summed E-state index contributed by atoms with van der Waals surface area (Å²) in [6, 6.07) is 4.18. The van der Waals surface area contributed by atoms with Gasteiger partial charge in [0, 0.05) is 11.4 Å². The number of nitrogen functional groups attached to an aromatic ring is 1. The summed E-state index contributed by atoms with van der Waals surface area (Å²) in [6.07, 6.45) is 3.30. The molecule has 0 atom stereocenters. The normalized spacial score (nSPS) is 10.3. The zero-order valence-corrected chi connectivity index (χ0v) is 9.94. The van der Waals surface area contributed by atoms with E-state index in [0.717, 1.165) is 18.9 Å². The standard InChI is InChI=1S/C11H14N4S/c1-2-15(8-9-4-3-5-16-9)11-7-13-10(12)6-14-11/h3-7H,2,8H2,1H3,(H2,12,13). The van der Waals surface area contributed by atoms with Crippen LogP contribution in [0.5, 0.6) is 0 Å². The third kappa shape index (κ3) is 2.49. The minimum Gasteiger partial charge on any atom is -0.382 e. The Morgan fingerprint density at radius 3 is 2.81 bits per heavy atom. The van der Waals surface area contributed by atoms with Crippen molar-refractivity contribution in [1.29, 1.82) is 0 Å². The molecule has 5 heteroatoms. The third-order valence-electron chi connectivity index (χ3n) is 2.29. The van der Waals surface area contributed by atoms with Gasteiger partial charge < -0.3 is 10.6 Å². The molecule has 0 aliphatic rings. The zero-order valence-electron chi connectivity index (χ0n) is 9.13. The number of rotatable bonds is 4. The van der Waals surface area contributed by atoms with Crippen LogP contribution in [0.15, 0.2) is 29.9 Å². The lowest BCUT2D eigenvalue weighted by Crippen LogP contribution is -2.22. The molecular formula is C11H14N4S. The average Bonchev–Trinajstić information content (AvgIpc) is 2.80. The van der Waals surface area contributed by atoms with Gasteiger partial charge in [-0.2, -0.15) is 0 Å². The predicted molar refractivity (Wildman–Crippen MR) is 67.5 cm³/mol. The molecule has 2 heterocycles. The topological polar surface area (TPSA) is 55.0 Å². The summed E-state index contributed by atoms with van der Waals surface area (Å²) in [7, 11) is 0. The molecule has 0 saturated carbocycles. The van der Waals surface area contributed by atoms with E-state index in [4.69, 9.17) is 5.73 Å². The first-order valence-electron chi connectivity index (χ1n) is 5.14. The Bertz CT molecular complexity index is 424. The number of hydrogen-bond donors (Lipinski definition) is 1. The van der Waals surface area contributed by atoms with Crippen LogP contribution in [0.2, 0.25) is 0 Å². The van der Waals surface area contributed by atoms with Crippen molar-refractivity contribution in [3.63, 3.8) is 0 Å². The zero-order chi connectivity index (χ0) is 11.4. The van der Waals surface area contributed by atoms with Gasteiger partial charge in [-0.3, -0.25) is 0 Å². The van der Waals surface area contributed by atoms with Crippen LogP contribution in [-0.2, 0) is 6.54 Å². The lowest BCUT2D eigenvalue weighted by atomic mass is 10.4. The number of aromatic nitrogens is 2. The third-order valence-corrected chi connectivity index (χ3v) is 3.15. The van der Waals surface area contributed by atoms with Gasteiger partial charge in [0.05, 0.1) is 18.9 Å². The predicted octanol–water partition coefficient (Wildman–Crippen LogP) is 2.15. The molecule has 0 aromatic carbocycles. The van der Waals surface area contributed by atoms with Crippen LogP contribution in [0.3, 0.4) is 0 Å². The quantitative estimate of drug-likeness (QED) is 0.880. The van der Waals surface area contributed by atoms with E-state index in [1.54, 1.807) is 23.7 Å². The van der Waals surface area contributed by atoms with Crippen molar-refractivity contribution in [1.82, 2.24) is 9.97 Å². The lowest BCUT2D eigenvalue weighted by Gasteiger charge is -2.20. The molecule has 0 radical (unpaired) electrons. The molecule has 2 rings (SSSR count). The fraction of sp³-hybridized carbons (Fsp3) is 0.273. The molecule has 0 aliphatic carbocycles. The van der Waals surface area contributed by atoms with Crippen molar-refractivity contribution in [3.8, 4) is 0 Å². The van der Waals surface area contributed by atoms with E-state index in [1.807, 2.05) is 0 Å². The van der Waals surface area contributed by atoms with Crippen molar-refractivity contribution in [3.05, 3.63) is 34.8 Å². The van der Waals surface area contributed by atoms with Crippen molar-refractivity contribution in [2.75, 3.05) is 17.2 Å². The van der Waals surface area contributed by atoms with E-state index >= 15 is 0 Å². The first kappa shape index (κ1) is 10.9. The van der Waals surface area contributed by atoms with Crippen LogP contribution in [0.25, 0.3) is 0 Å². The SMILES string of the molecule is CCN(Cc1cccs1)c1cnc(N)cn1. The molecule has 0 saturated heterocycles. The molecule has 2 aromatic heterocycles. The highest BCUT2D eigenvalue weighted by atomic mass is 32.1. The maximum Gasteiger partial charge on any atom is 0.147 e. The number of thiophene rings is 1. The Balaban J connectivity index is 2.13. The fourth-order valence-electron chi connectivity index (χ4n) is 1.44. The number of nitrogens with zero attached hydrogens (tertiary/aromatic N) is 3. The summed E-state index contributed by atoms with van der Waals surface area (Å²) < 4.78 is 0. The number of anilines is 2. The largest absolute Gasteiger partial charge is 0.382 e. The van der Waals surface area contributed by atoms with E-state index < -0.39 is 0 Å². The van der Waals surface area contributed by atoms with Crippen LogP contribution < -0.4 is 10.6 Å². The van der Waals surface area contributed by atoms with Gasteiger partial charge in [-0.15, -0.1) is 11.3 Å². The van der Waals surface area contributed by atoms with Crippen LogP contribution in [-0.4, -0.2) is 16.5 Å². The minimum absolute atomic E-state index is 0.455. The summed E-state index contributed by atoms with van der Waals surface area (Å²) in [6.45, 7) is 3.87. The summed E-state index contributed by atoms with van der Waals surface area (Å²) in [4.78, 5) is 11.8. The summed E-state index contributed by atoms with van der Waals surface area (Å²) in [5, 5.41) is 2.08. The molecule has 2 N–H and O–H groups in total. The van der Waals surface area contributed by atoms with E-state index in [-0.39, 0.29) is 0 Å². The minimum atomic E-state index is 0.455. The van der Waals surface area contributed by atoms with Crippen LogP contribution in [0.4, 0.5) is 11.6 Å².